The molecule has 0 spiro atoms. The number of aromatic nitrogens is 3. The van der Waals surface area contributed by atoms with E-state index in [-0.39, 0.29) is 5.82 Å². The first-order valence-corrected chi connectivity index (χ1v) is 11.5. The number of benzene rings is 3. The number of hydrogen-bond donors (Lipinski definition) is 2. The lowest BCUT2D eigenvalue weighted by atomic mass is 9.97. The highest BCUT2D eigenvalue weighted by atomic mass is 32.2. The Kier molecular flexibility index (Phi) is 5.37. The zero-order chi connectivity index (χ0) is 22.1. The number of anilines is 1. The van der Waals surface area contributed by atoms with Crippen LogP contribution in [0.3, 0.4) is 0 Å². The summed E-state index contributed by atoms with van der Waals surface area (Å²) in [6.07, 6.45) is 3.79. The largest absolute Gasteiger partial charge is 0.388 e. The van der Waals surface area contributed by atoms with Gasteiger partial charge in [0, 0.05) is 35.6 Å². The average Bonchev–Trinajstić information content (AvgIpc) is 3.28. The van der Waals surface area contributed by atoms with Gasteiger partial charge in [-0.2, -0.15) is 0 Å². The maximum Gasteiger partial charge on any atom is 0.166 e. The summed E-state index contributed by atoms with van der Waals surface area (Å²) in [7, 11) is 1.92. The van der Waals surface area contributed by atoms with Gasteiger partial charge in [0.1, 0.15) is 5.82 Å². The maximum atomic E-state index is 13.5. The van der Waals surface area contributed by atoms with Crippen LogP contribution in [-0.2, 0) is 0 Å². The number of H-pyrrole nitrogens is 1. The second-order valence-electron chi connectivity index (χ2n) is 7.37. The molecule has 3 aromatic carbocycles. The van der Waals surface area contributed by atoms with Crippen LogP contribution in [0.1, 0.15) is 0 Å². The predicted molar refractivity (Wildman–Crippen MR) is 131 cm³/mol. The molecular formula is C26H21FN4S. The van der Waals surface area contributed by atoms with Gasteiger partial charge in [0.25, 0.3) is 0 Å². The monoisotopic (exact) mass is 440 g/mol. The molecule has 0 unspecified atom stereocenters. The Hall–Kier alpha value is -3.64. The van der Waals surface area contributed by atoms with Gasteiger partial charge >= 0.3 is 0 Å². The molecule has 32 heavy (non-hydrogen) atoms. The Labute approximate surface area is 190 Å². The first-order chi connectivity index (χ1) is 15.7. The third-order valence-corrected chi connectivity index (χ3v) is 6.08. The molecule has 0 saturated carbocycles. The first kappa shape index (κ1) is 20.3. The average molecular weight is 441 g/mol. The van der Waals surface area contributed by atoms with Gasteiger partial charge in [-0.15, -0.1) is 0 Å². The van der Waals surface area contributed by atoms with Crippen molar-refractivity contribution in [2.45, 2.75) is 5.16 Å². The van der Waals surface area contributed by atoms with Crippen LogP contribution < -0.4 is 5.32 Å². The van der Waals surface area contributed by atoms with Crippen LogP contribution in [0, 0.1) is 5.82 Å². The highest BCUT2D eigenvalue weighted by molar-refractivity contribution is 7.98. The molecule has 0 aliphatic carbocycles. The molecule has 0 saturated heterocycles. The van der Waals surface area contributed by atoms with Crippen LogP contribution in [0.15, 0.2) is 84.1 Å². The third kappa shape index (κ3) is 3.63. The quantitative estimate of drug-likeness (QED) is 0.293. The number of hydrogen-bond acceptors (Lipinski definition) is 4. The van der Waals surface area contributed by atoms with E-state index in [1.54, 1.807) is 12.1 Å². The van der Waals surface area contributed by atoms with Gasteiger partial charge in [-0.05, 0) is 59.5 Å². The molecule has 0 fully saturated rings. The van der Waals surface area contributed by atoms with E-state index in [9.17, 15) is 4.39 Å². The van der Waals surface area contributed by atoms with Crippen LogP contribution in [0.25, 0.3) is 44.5 Å². The van der Waals surface area contributed by atoms with Gasteiger partial charge < -0.3 is 10.3 Å². The van der Waals surface area contributed by atoms with Crippen molar-refractivity contribution < 1.29 is 4.39 Å². The summed E-state index contributed by atoms with van der Waals surface area (Å²) >= 11 is 1.54. The highest BCUT2D eigenvalue weighted by Crippen LogP contribution is 2.38. The van der Waals surface area contributed by atoms with Crippen LogP contribution >= 0.6 is 11.8 Å². The van der Waals surface area contributed by atoms with Crippen LogP contribution in [0.5, 0.6) is 0 Å². The standard InChI is InChI=1S/C26H21FN4S/c1-28-21-12-9-16-5-3-4-6-20(16)23(21)22-15-18(13-14-29-22)25-24(30-26(31-25)32-2)17-7-10-19(27)11-8-17/h3-15,28H,1-2H3,(H,30,31). The number of pyridine rings is 1. The van der Waals surface area contributed by atoms with E-state index in [0.717, 1.165) is 55.4 Å². The number of aromatic amines is 1. The van der Waals surface area contributed by atoms with Crippen molar-refractivity contribution >= 4 is 28.2 Å². The van der Waals surface area contributed by atoms with E-state index in [4.69, 9.17) is 9.97 Å². The lowest BCUT2D eigenvalue weighted by molar-refractivity contribution is 0.628. The number of halogens is 1. The van der Waals surface area contributed by atoms with E-state index >= 15 is 0 Å². The highest BCUT2D eigenvalue weighted by Gasteiger charge is 2.17. The molecule has 4 nitrogen and oxygen atoms in total. The Morgan fingerprint density at radius 1 is 0.938 bits per heavy atom. The molecule has 0 radical (unpaired) electrons. The smallest absolute Gasteiger partial charge is 0.166 e. The van der Waals surface area contributed by atoms with Gasteiger partial charge in [-0.25, -0.2) is 9.37 Å². The van der Waals surface area contributed by atoms with Crippen LogP contribution in [0.2, 0.25) is 0 Å². The fourth-order valence-electron chi connectivity index (χ4n) is 3.95. The molecule has 2 aromatic heterocycles. The normalized spacial score (nSPS) is 11.1. The summed E-state index contributed by atoms with van der Waals surface area (Å²) in [5, 5.41) is 6.40. The van der Waals surface area contributed by atoms with Gasteiger partial charge in [-0.1, -0.05) is 42.1 Å². The minimum Gasteiger partial charge on any atom is -0.388 e. The topological polar surface area (TPSA) is 53.6 Å². The second kappa shape index (κ2) is 8.48. The van der Waals surface area contributed by atoms with E-state index < -0.39 is 0 Å². The molecule has 0 amide bonds. The first-order valence-electron chi connectivity index (χ1n) is 10.2. The minimum absolute atomic E-state index is 0.262. The Morgan fingerprint density at radius 3 is 2.53 bits per heavy atom. The molecule has 5 aromatic rings. The van der Waals surface area contributed by atoms with Crippen molar-refractivity contribution in [3.63, 3.8) is 0 Å². The summed E-state index contributed by atoms with van der Waals surface area (Å²) in [4.78, 5) is 12.9. The molecule has 0 aliphatic heterocycles. The van der Waals surface area contributed by atoms with Crippen molar-refractivity contribution in [1.29, 1.82) is 0 Å². The lowest BCUT2D eigenvalue weighted by Gasteiger charge is -2.13. The number of nitrogens with zero attached hydrogens (tertiary/aromatic N) is 2. The summed E-state index contributed by atoms with van der Waals surface area (Å²) in [5.74, 6) is -0.262. The summed E-state index contributed by atoms with van der Waals surface area (Å²) in [6, 6.07) is 23.0. The molecular weight excluding hydrogens is 419 g/mol. The molecule has 0 atom stereocenters. The molecule has 5 rings (SSSR count). The third-order valence-electron chi connectivity index (χ3n) is 5.50. The van der Waals surface area contributed by atoms with E-state index in [2.05, 4.69) is 40.6 Å². The Morgan fingerprint density at radius 2 is 1.75 bits per heavy atom. The fraction of sp³-hybridized carbons (Fsp3) is 0.0769. The SMILES string of the molecule is CNc1ccc2ccccc2c1-c1cc(-c2nc(SC)[nH]c2-c2ccc(F)cc2)ccn1. The zero-order valence-corrected chi connectivity index (χ0v) is 18.5. The summed E-state index contributed by atoms with van der Waals surface area (Å²) in [5.41, 5.74) is 6.43. The Bertz CT molecular complexity index is 1410. The Balaban J connectivity index is 1.69. The van der Waals surface area contributed by atoms with Gasteiger partial charge in [0.05, 0.1) is 17.1 Å². The van der Waals surface area contributed by atoms with Gasteiger partial charge in [0.2, 0.25) is 0 Å². The number of nitrogens with one attached hydrogen (secondary N) is 2. The fourth-order valence-corrected chi connectivity index (χ4v) is 4.34. The number of fused-ring (bicyclic) bond motifs is 1. The second-order valence-corrected chi connectivity index (χ2v) is 8.16. The molecule has 2 N–H and O–H groups in total. The number of imidazole rings is 1. The van der Waals surface area contributed by atoms with E-state index in [1.165, 1.54) is 23.9 Å². The van der Waals surface area contributed by atoms with E-state index in [1.807, 2.05) is 37.7 Å². The van der Waals surface area contributed by atoms with E-state index in [0.29, 0.717) is 0 Å². The molecule has 2 heterocycles. The van der Waals surface area contributed by atoms with Crippen molar-refractivity contribution in [2.24, 2.45) is 0 Å². The van der Waals surface area contributed by atoms with Crippen LogP contribution in [0.4, 0.5) is 10.1 Å². The predicted octanol–water partition coefficient (Wildman–Crippen LogP) is 6.86. The van der Waals surface area contributed by atoms with Crippen LogP contribution in [-0.4, -0.2) is 28.3 Å². The van der Waals surface area contributed by atoms with Gasteiger partial charge in [0.15, 0.2) is 5.16 Å². The number of rotatable bonds is 5. The van der Waals surface area contributed by atoms with Crippen molar-refractivity contribution in [3.05, 3.63) is 84.8 Å². The molecule has 6 heteroatoms. The molecule has 0 bridgehead atoms. The van der Waals surface area contributed by atoms with Crippen molar-refractivity contribution in [2.75, 3.05) is 18.6 Å². The van der Waals surface area contributed by atoms with Gasteiger partial charge in [-0.3, -0.25) is 4.98 Å². The maximum absolute atomic E-state index is 13.5. The number of thioether (sulfide) groups is 1. The zero-order valence-electron chi connectivity index (χ0n) is 17.7. The lowest BCUT2D eigenvalue weighted by Crippen LogP contribution is -1.95. The van der Waals surface area contributed by atoms with Crippen molar-refractivity contribution in [3.8, 4) is 33.8 Å². The molecule has 0 aliphatic rings. The van der Waals surface area contributed by atoms with Crippen molar-refractivity contribution in [1.82, 2.24) is 15.0 Å². The molecule has 158 valence electrons. The minimum atomic E-state index is -0.262. The summed E-state index contributed by atoms with van der Waals surface area (Å²) < 4.78 is 13.5. The summed E-state index contributed by atoms with van der Waals surface area (Å²) in [6.45, 7) is 0.